The smallest absolute Gasteiger partial charge is 0.205 e. The van der Waals surface area contributed by atoms with Crippen molar-refractivity contribution in [1.82, 2.24) is 19.7 Å². The quantitative estimate of drug-likeness (QED) is 0.379. The fraction of sp³-hybridized carbons (Fsp3) is 0. The molecule has 0 amide bonds. The van der Waals surface area contributed by atoms with Crippen LogP contribution in [-0.2, 0) is 32.7 Å². The van der Waals surface area contributed by atoms with Crippen molar-refractivity contribution in [2.45, 2.75) is 0 Å². The van der Waals surface area contributed by atoms with Crippen LogP contribution in [0.4, 0.5) is 11.8 Å². The van der Waals surface area contributed by atoms with E-state index >= 15 is 0 Å². The molecule has 0 fully saturated rings. The van der Waals surface area contributed by atoms with Gasteiger partial charge in [0.05, 0.1) is 0 Å². The van der Waals surface area contributed by atoms with E-state index in [1.54, 1.807) is 6.20 Å². The number of hydrazine groups is 1. The van der Waals surface area contributed by atoms with Gasteiger partial charge in [0.1, 0.15) is 5.82 Å². The number of hydrogen-bond acceptors (Lipinski definition) is 6. The Bertz CT molecular complexity index is 452. The Morgan fingerprint density at radius 2 is 2.07 bits per heavy atom. The van der Waals surface area contributed by atoms with E-state index < -0.39 is 0 Å². The van der Waals surface area contributed by atoms with Crippen molar-refractivity contribution in [3.8, 4) is 0 Å². The van der Waals surface area contributed by atoms with Gasteiger partial charge in [0.2, 0.25) is 5.95 Å². The summed E-state index contributed by atoms with van der Waals surface area (Å²) in [6, 6.07) is 0. The van der Waals surface area contributed by atoms with Gasteiger partial charge in [0, 0.05) is 44.6 Å². The van der Waals surface area contributed by atoms with E-state index in [0.717, 1.165) is 0 Å². The minimum atomic E-state index is 0. The first-order valence-corrected chi connectivity index (χ1v) is 3.51. The molecule has 2 aromatic rings. The largest absolute Gasteiger partial charge is 0.385 e. The molecular formula is C7H11N7Y-2. The SMILES string of the molecule is [CH2-]n1ncc2c(NN)nc(N)nc21.[CH3-].[Y]. The summed E-state index contributed by atoms with van der Waals surface area (Å²) in [5, 5.41) is 4.58. The zero-order valence-corrected chi connectivity index (χ0v) is 11.1. The van der Waals surface area contributed by atoms with Crippen LogP contribution in [0, 0.1) is 14.5 Å². The maximum absolute atomic E-state index is 5.44. The van der Waals surface area contributed by atoms with E-state index in [2.05, 4.69) is 27.5 Å². The summed E-state index contributed by atoms with van der Waals surface area (Å²) in [5.41, 5.74) is 8.40. The van der Waals surface area contributed by atoms with E-state index in [1.807, 2.05) is 0 Å². The molecular weight excluding hydrogens is 271 g/mol. The van der Waals surface area contributed by atoms with Crippen LogP contribution in [-0.4, -0.2) is 19.7 Å². The summed E-state index contributed by atoms with van der Waals surface area (Å²) in [7, 11) is 3.62. The second-order valence-electron chi connectivity index (χ2n) is 2.46. The average molecular weight is 282 g/mol. The van der Waals surface area contributed by atoms with Crippen LogP contribution in [0.25, 0.3) is 11.0 Å². The Labute approximate surface area is 112 Å². The van der Waals surface area contributed by atoms with Gasteiger partial charge in [-0.05, 0) is 5.39 Å². The molecule has 2 heterocycles. The molecule has 0 atom stereocenters. The Morgan fingerprint density at radius 1 is 1.40 bits per heavy atom. The van der Waals surface area contributed by atoms with Gasteiger partial charge in [-0.1, -0.05) is 0 Å². The monoisotopic (exact) mass is 282 g/mol. The molecule has 0 saturated carbocycles. The Morgan fingerprint density at radius 3 is 2.67 bits per heavy atom. The van der Waals surface area contributed by atoms with Gasteiger partial charge in [-0.3, -0.25) is 4.98 Å². The van der Waals surface area contributed by atoms with E-state index in [1.165, 1.54) is 4.68 Å². The number of anilines is 2. The minimum Gasteiger partial charge on any atom is -0.385 e. The molecule has 0 saturated heterocycles. The fourth-order valence-electron chi connectivity index (χ4n) is 1.08. The van der Waals surface area contributed by atoms with Crippen LogP contribution in [0.3, 0.4) is 0 Å². The van der Waals surface area contributed by atoms with E-state index in [4.69, 9.17) is 11.6 Å². The molecule has 1 radical (unpaired) electrons. The summed E-state index contributed by atoms with van der Waals surface area (Å²) in [5.74, 6) is 5.81. The molecule has 0 bridgehead atoms. The number of nitrogens with one attached hydrogen (secondary N) is 1. The number of fused-ring (bicyclic) bond motifs is 1. The number of hydrogen-bond donors (Lipinski definition) is 3. The predicted molar refractivity (Wildman–Crippen MR) is 54.7 cm³/mol. The predicted octanol–water partition coefficient (Wildman–Crippen LogP) is -0.218. The molecule has 0 unspecified atom stereocenters. The van der Waals surface area contributed by atoms with Gasteiger partial charge >= 0.3 is 0 Å². The molecule has 0 aliphatic rings. The van der Waals surface area contributed by atoms with Crippen molar-refractivity contribution in [3.05, 3.63) is 20.7 Å². The Hall–Kier alpha value is -0.916. The van der Waals surface area contributed by atoms with Crippen molar-refractivity contribution < 1.29 is 32.7 Å². The third-order valence-corrected chi connectivity index (χ3v) is 1.65. The number of rotatable bonds is 1. The second kappa shape index (κ2) is 5.25. The molecule has 15 heavy (non-hydrogen) atoms. The van der Waals surface area contributed by atoms with Crippen LogP contribution in [0.15, 0.2) is 6.20 Å². The maximum atomic E-state index is 5.44. The zero-order valence-electron chi connectivity index (χ0n) is 8.31. The number of nitrogen functional groups attached to an aromatic ring is 2. The minimum absolute atomic E-state index is 0. The van der Waals surface area contributed by atoms with Crippen molar-refractivity contribution in [2.75, 3.05) is 11.2 Å². The van der Waals surface area contributed by atoms with Gasteiger partial charge in [-0.2, -0.15) is 12.0 Å². The molecule has 7 nitrogen and oxygen atoms in total. The Balaban J connectivity index is 0.000000980. The van der Waals surface area contributed by atoms with Gasteiger partial charge in [-0.15, -0.1) is 0 Å². The summed E-state index contributed by atoms with van der Waals surface area (Å²) >= 11 is 0. The Kier molecular flexibility index (Phi) is 4.93. The van der Waals surface area contributed by atoms with Crippen molar-refractivity contribution in [2.24, 2.45) is 5.84 Å². The molecule has 79 valence electrons. The van der Waals surface area contributed by atoms with Gasteiger partial charge < -0.3 is 23.3 Å². The molecule has 0 aromatic carbocycles. The van der Waals surface area contributed by atoms with E-state index in [-0.39, 0.29) is 46.1 Å². The second-order valence-corrected chi connectivity index (χ2v) is 2.46. The maximum Gasteiger partial charge on any atom is 0.205 e. The van der Waals surface area contributed by atoms with E-state index in [0.29, 0.717) is 16.9 Å². The molecule has 8 heteroatoms. The first kappa shape index (κ1) is 14.1. The van der Waals surface area contributed by atoms with Gasteiger partial charge in [0.25, 0.3) is 0 Å². The summed E-state index contributed by atoms with van der Waals surface area (Å²) in [6.45, 7) is 0. The van der Waals surface area contributed by atoms with Crippen LogP contribution >= 0.6 is 0 Å². The molecule has 0 aliphatic carbocycles. The molecule has 5 N–H and O–H groups in total. The van der Waals surface area contributed by atoms with Crippen molar-refractivity contribution >= 4 is 22.8 Å². The molecule has 0 aliphatic heterocycles. The average Bonchev–Trinajstić information content (AvgIpc) is 2.47. The van der Waals surface area contributed by atoms with Gasteiger partial charge in [-0.25, -0.2) is 10.9 Å². The standard InChI is InChI=1S/C6H8N7.CH3.Y/c1-13-5-3(2-9-13)4(12-8)10-6(7)11-5;;/h2H,1,8H2,(H3,7,10,11,12);1H3;/q2*-1;. The first-order chi connectivity index (χ1) is 6.22. The summed E-state index contributed by atoms with van der Waals surface area (Å²) in [6.07, 6.45) is 1.57. The van der Waals surface area contributed by atoms with Crippen LogP contribution in [0.1, 0.15) is 0 Å². The third kappa shape index (κ3) is 2.36. The summed E-state index contributed by atoms with van der Waals surface area (Å²) in [4.78, 5) is 7.84. The summed E-state index contributed by atoms with van der Waals surface area (Å²) < 4.78 is 1.36. The normalized spacial score (nSPS) is 9.13. The number of nitrogens with zero attached hydrogens (tertiary/aromatic N) is 4. The third-order valence-electron chi connectivity index (χ3n) is 1.65. The van der Waals surface area contributed by atoms with Crippen LogP contribution in [0.2, 0.25) is 0 Å². The van der Waals surface area contributed by atoms with Gasteiger partial charge in [0.15, 0.2) is 0 Å². The topological polar surface area (TPSA) is 108 Å². The fourth-order valence-corrected chi connectivity index (χ4v) is 1.08. The first-order valence-electron chi connectivity index (χ1n) is 3.51. The number of nitrogens with two attached hydrogens (primary N) is 2. The molecule has 2 aromatic heterocycles. The van der Waals surface area contributed by atoms with Crippen molar-refractivity contribution in [1.29, 1.82) is 0 Å². The molecule has 0 spiro atoms. The van der Waals surface area contributed by atoms with Crippen LogP contribution in [0.5, 0.6) is 0 Å². The van der Waals surface area contributed by atoms with E-state index in [9.17, 15) is 0 Å². The molecule has 2 rings (SSSR count). The van der Waals surface area contributed by atoms with Crippen molar-refractivity contribution in [3.63, 3.8) is 0 Å². The number of aromatic nitrogens is 4. The van der Waals surface area contributed by atoms with Crippen LogP contribution < -0.4 is 17.0 Å². The zero-order chi connectivity index (χ0) is 9.42.